The molecule has 2 aliphatic carbocycles. The molecule has 16 rings (SSSR count). The molecule has 324 valence electrons. The van der Waals surface area contributed by atoms with Crippen LogP contribution in [0.4, 0.5) is 17.1 Å². The maximum atomic E-state index is 6.45. The Labute approximate surface area is 404 Å². The van der Waals surface area contributed by atoms with E-state index in [0.29, 0.717) is 0 Å². The van der Waals surface area contributed by atoms with E-state index in [-0.39, 0.29) is 0 Å². The second-order valence-electron chi connectivity index (χ2n) is 19.1. The summed E-state index contributed by atoms with van der Waals surface area (Å²) < 4.78 is 9.05. The van der Waals surface area contributed by atoms with E-state index in [0.717, 1.165) is 55.8 Å². The second kappa shape index (κ2) is 13.9. The van der Waals surface area contributed by atoms with Crippen LogP contribution in [0.3, 0.4) is 0 Å². The third kappa shape index (κ3) is 4.83. The average Bonchev–Trinajstić information content (AvgIpc) is 4.13. The number of hydrogen-bond acceptors (Lipinski definition) is 2. The van der Waals surface area contributed by atoms with Gasteiger partial charge in [0.05, 0.1) is 27.8 Å². The first kappa shape index (κ1) is 37.9. The molecule has 3 heterocycles. The minimum Gasteiger partial charge on any atom is -0.456 e. The Bertz CT molecular complexity index is 4320. The summed E-state index contributed by atoms with van der Waals surface area (Å²) in [5.41, 5.74) is 25.9. The molecule has 1 spiro atoms. The van der Waals surface area contributed by atoms with Gasteiger partial charge in [-0.3, -0.25) is 0 Å². The Hall–Kier alpha value is -9.18. The van der Waals surface area contributed by atoms with Gasteiger partial charge in [-0.2, -0.15) is 0 Å². The van der Waals surface area contributed by atoms with E-state index in [1.54, 1.807) is 0 Å². The minimum atomic E-state index is -0.453. The van der Waals surface area contributed by atoms with E-state index in [1.165, 1.54) is 88.6 Å². The number of rotatable bonds is 5. The van der Waals surface area contributed by atoms with Crippen molar-refractivity contribution in [2.45, 2.75) is 5.41 Å². The molecule has 0 saturated carbocycles. The number of fused-ring (bicyclic) bond motifs is 16. The quantitative estimate of drug-likeness (QED) is 0.172. The van der Waals surface area contributed by atoms with Gasteiger partial charge in [0.25, 0.3) is 0 Å². The maximum Gasteiger partial charge on any atom is 0.135 e. The number of anilines is 3. The summed E-state index contributed by atoms with van der Waals surface area (Å²) in [7, 11) is 0. The Morgan fingerprint density at radius 2 is 0.943 bits per heavy atom. The molecule has 0 radical (unpaired) electrons. The van der Waals surface area contributed by atoms with Gasteiger partial charge in [0.2, 0.25) is 0 Å². The van der Waals surface area contributed by atoms with Gasteiger partial charge >= 0.3 is 0 Å². The normalized spacial score (nSPS) is 13.3. The third-order valence-electron chi connectivity index (χ3n) is 15.7. The summed E-state index contributed by atoms with van der Waals surface area (Å²) in [6, 6.07) is 89.9. The van der Waals surface area contributed by atoms with E-state index in [9.17, 15) is 0 Å². The molecule has 3 heteroatoms. The first-order valence-electron chi connectivity index (χ1n) is 24.3. The van der Waals surface area contributed by atoms with Gasteiger partial charge in [-0.05, 0) is 110 Å². The standard InChI is InChI=1S/C67H40N2O/c1-3-17-41(18-4-1)45-25-16-31-59(63(45)42-19-5-2-6-20-42)68(43-34-38-62-53(39-43)50-24-10-14-32-61(50)70-62)44-33-35-49-51-26-15-29-56-64(51)65-57(67(56)54-27-11-7-21-46(54)47-22-8-12-28-55(47)67)37-36-52-48-23-9-13-30-58(48)69(66(52)65)60(49)40-44/h1-40H. The van der Waals surface area contributed by atoms with Gasteiger partial charge in [0.15, 0.2) is 0 Å². The molecule has 3 aliphatic rings. The molecule has 1 aliphatic heterocycles. The van der Waals surface area contributed by atoms with Crippen molar-refractivity contribution >= 4 is 60.8 Å². The molecule has 11 aromatic carbocycles. The van der Waals surface area contributed by atoms with Crippen molar-refractivity contribution in [3.8, 4) is 61.3 Å². The van der Waals surface area contributed by atoms with Crippen molar-refractivity contribution in [1.82, 2.24) is 4.57 Å². The van der Waals surface area contributed by atoms with Crippen LogP contribution < -0.4 is 4.90 Å². The lowest BCUT2D eigenvalue weighted by Crippen LogP contribution is -2.25. The monoisotopic (exact) mass is 888 g/mol. The Morgan fingerprint density at radius 1 is 0.343 bits per heavy atom. The number of aromatic nitrogens is 1. The zero-order chi connectivity index (χ0) is 45.7. The molecular formula is C67H40N2O. The number of furan rings is 1. The van der Waals surface area contributed by atoms with Crippen LogP contribution >= 0.6 is 0 Å². The number of para-hydroxylation sites is 2. The van der Waals surface area contributed by atoms with Gasteiger partial charge < -0.3 is 13.9 Å². The molecule has 70 heavy (non-hydrogen) atoms. The van der Waals surface area contributed by atoms with Gasteiger partial charge in [-0.25, -0.2) is 0 Å². The molecule has 0 N–H and O–H groups in total. The van der Waals surface area contributed by atoms with E-state index in [1.807, 2.05) is 6.07 Å². The summed E-state index contributed by atoms with van der Waals surface area (Å²) >= 11 is 0. The van der Waals surface area contributed by atoms with E-state index < -0.39 is 5.41 Å². The van der Waals surface area contributed by atoms with Crippen molar-refractivity contribution < 1.29 is 4.42 Å². The molecular weight excluding hydrogens is 849 g/mol. The highest BCUT2D eigenvalue weighted by Gasteiger charge is 2.53. The van der Waals surface area contributed by atoms with Crippen LogP contribution in [0.5, 0.6) is 0 Å². The highest BCUT2D eigenvalue weighted by atomic mass is 16.3. The Morgan fingerprint density at radius 3 is 1.76 bits per heavy atom. The molecule has 0 amide bonds. The van der Waals surface area contributed by atoms with Gasteiger partial charge in [0.1, 0.15) is 11.2 Å². The summed E-state index contributed by atoms with van der Waals surface area (Å²) in [4.78, 5) is 2.48. The number of hydrogen-bond donors (Lipinski definition) is 0. The van der Waals surface area contributed by atoms with Crippen LogP contribution in [-0.4, -0.2) is 4.57 Å². The second-order valence-corrected chi connectivity index (χ2v) is 19.1. The first-order valence-corrected chi connectivity index (χ1v) is 24.3. The van der Waals surface area contributed by atoms with Crippen LogP contribution in [0.1, 0.15) is 22.3 Å². The van der Waals surface area contributed by atoms with Crippen molar-refractivity contribution in [3.05, 3.63) is 265 Å². The van der Waals surface area contributed by atoms with Crippen LogP contribution in [0.25, 0.3) is 105 Å². The fourth-order valence-corrected chi connectivity index (χ4v) is 13.0. The van der Waals surface area contributed by atoms with Crippen molar-refractivity contribution in [2.24, 2.45) is 0 Å². The summed E-state index contributed by atoms with van der Waals surface area (Å²) in [6.45, 7) is 0. The topological polar surface area (TPSA) is 21.3 Å². The highest BCUT2D eigenvalue weighted by molar-refractivity contribution is 6.20. The highest BCUT2D eigenvalue weighted by Crippen LogP contribution is 2.66. The molecule has 2 aromatic heterocycles. The predicted octanol–water partition coefficient (Wildman–Crippen LogP) is 17.8. The predicted molar refractivity (Wildman–Crippen MR) is 289 cm³/mol. The molecule has 0 atom stereocenters. The van der Waals surface area contributed by atoms with Crippen molar-refractivity contribution in [1.29, 1.82) is 0 Å². The fourth-order valence-electron chi connectivity index (χ4n) is 13.0. The Kier molecular flexibility index (Phi) is 7.54. The smallest absolute Gasteiger partial charge is 0.135 e. The lowest BCUT2D eigenvalue weighted by Gasteiger charge is -2.31. The van der Waals surface area contributed by atoms with E-state index in [2.05, 4.69) is 246 Å². The summed E-state index contributed by atoms with van der Waals surface area (Å²) in [6.07, 6.45) is 0. The average molecular weight is 889 g/mol. The molecule has 0 unspecified atom stereocenters. The maximum absolute atomic E-state index is 6.45. The molecule has 3 nitrogen and oxygen atoms in total. The minimum absolute atomic E-state index is 0.453. The van der Waals surface area contributed by atoms with Gasteiger partial charge in [-0.1, -0.05) is 194 Å². The lowest BCUT2D eigenvalue weighted by atomic mass is 9.70. The molecule has 0 saturated heterocycles. The van der Waals surface area contributed by atoms with Crippen LogP contribution in [-0.2, 0) is 5.41 Å². The third-order valence-corrected chi connectivity index (χ3v) is 15.7. The zero-order valence-electron chi connectivity index (χ0n) is 37.9. The summed E-state index contributed by atoms with van der Waals surface area (Å²) in [5, 5.41) is 4.70. The SMILES string of the molecule is c1ccc(-c2cccc(N(c3ccc4c(c3)-n3c5ccccc5c5ccc6c(c53)-c3c-4cccc3C63c4ccccc4-c4ccccc43)c3ccc4oc5ccccc5c4c3)c2-c2ccccc2)cc1. The molecule has 0 bridgehead atoms. The largest absolute Gasteiger partial charge is 0.456 e. The van der Waals surface area contributed by atoms with Crippen LogP contribution in [0.15, 0.2) is 247 Å². The number of benzene rings is 11. The van der Waals surface area contributed by atoms with E-state index >= 15 is 0 Å². The molecule has 0 fully saturated rings. The van der Waals surface area contributed by atoms with Crippen molar-refractivity contribution in [3.63, 3.8) is 0 Å². The van der Waals surface area contributed by atoms with Crippen LogP contribution in [0.2, 0.25) is 0 Å². The van der Waals surface area contributed by atoms with Crippen molar-refractivity contribution in [2.75, 3.05) is 4.90 Å². The van der Waals surface area contributed by atoms with Crippen LogP contribution in [0, 0.1) is 0 Å². The lowest BCUT2D eigenvalue weighted by molar-refractivity contribution is 0.669. The first-order chi connectivity index (χ1) is 34.8. The van der Waals surface area contributed by atoms with Gasteiger partial charge in [0, 0.05) is 49.6 Å². The number of nitrogens with zero attached hydrogens (tertiary/aromatic N) is 2. The zero-order valence-corrected chi connectivity index (χ0v) is 37.9. The van der Waals surface area contributed by atoms with E-state index in [4.69, 9.17) is 4.42 Å². The Balaban J connectivity index is 1.02. The fraction of sp³-hybridized carbons (Fsp3) is 0.0149. The molecule has 13 aromatic rings. The van der Waals surface area contributed by atoms with Gasteiger partial charge in [-0.15, -0.1) is 0 Å². The summed E-state index contributed by atoms with van der Waals surface area (Å²) in [5.74, 6) is 0.